The van der Waals surface area contributed by atoms with Crippen LogP contribution >= 0.6 is 0 Å². The van der Waals surface area contributed by atoms with Gasteiger partial charge in [0.15, 0.2) is 0 Å². The molecule has 1 aromatic heterocycles. The molecular formula is C20H19N3O2. The second kappa shape index (κ2) is 6.43. The lowest BCUT2D eigenvalue weighted by Crippen LogP contribution is -2.25. The number of aromatic nitrogens is 1. The summed E-state index contributed by atoms with van der Waals surface area (Å²) in [5, 5.41) is 6.89. The fraction of sp³-hybridized carbons (Fsp3) is 0.200. The molecule has 1 fully saturated rings. The Labute approximate surface area is 145 Å². The van der Waals surface area contributed by atoms with E-state index in [0.29, 0.717) is 23.7 Å². The van der Waals surface area contributed by atoms with Gasteiger partial charge in [-0.25, -0.2) is 0 Å². The Morgan fingerprint density at radius 3 is 2.56 bits per heavy atom. The van der Waals surface area contributed by atoms with Crippen molar-refractivity contribution in [3.8, 4) is 0 Å². The van der Waals surface area contributed by atoms with Gasteiger partial charge in [0.05, 0.1) is 6.42 Å². The minimum Gasteiger partial charge on any atom is -0.361 e. The molecule has 1 aliphatic rings. The summed E-state index contributed by atoms with van der Waals surface area (Å²) in [6.07, 6.45) is 4.30. The van der Waals surface area contributed by atoms with E-state index in [4.69, 9.17) is 0 Å². The number of nitrogens with one attached hydrogen (secondary N) is 3. The van der Waals surface area contributed by atoms with Crippen LogP contribution in [0.15, 0.2) is 54.7 Å². The number of carbonyl (C=O) groups is 2. The van der Waals surface area contributed by atoms with Gasteiger partial charge in [-0.05, 0) is 48.7 Å². The summed E-state index contributed by atoms with van der Waals surface area (Å²) in [6.45, 7) is 0. The van der Waals surface area contributed by atoms with Crippen molar-refractivity contribution in [2.75, 3.05) is 5.32 Å². The standard InChI is InChI=1S/C20H19N3O2/c24-19(11-14-12-21-18-4-2-1-3-17(14)18)22-15-7-5-13(6-8-15)20(25)23-16-9-10-16/h1-8,12,16,21H,9-11H2,(H,22,24)(H,23,25). The zero-order valence-electron chi connectivity index (χ0n) is 13.7. The van der Waals surface area contributed by atoms with Gasteiger partial charge >= 0.3 is 0 Å². The number of H-pyrrole nitrogens is 1. The molecule has 0 radical (unpaired) electrons. The van der Waals surface area contributed by atoms with Gasteiger partial charge < -0.3 is 15.6 Å². The number of rotatable bonds is 5. The van der Waals surface area contributed by atoms with Gasteiger partial charge in [-0.1, -0.05) is 18.2 Å². The highest BCUT2D eigenvalue weighted by Crippen LogP contribution is 2.20. The molecule has 0 bridgehead atoms. The Kier molecular flexibility index (Phi) is 3.98. The summed E-state index contributed by atoms with van der Waals surface area (Å²) in [5.41, 5.74) is 3.29. The lowest BCUT2D eigenvalue weighted by Gasteiger charge is -2.07. The van der Waals surface area contributed by atoms with E-state index in [2.05, 4.69) is 15.6 Å². The summed E-state index contributed by atoms with van der Waals surface area (Å²) in [5.74, 6) is -0.140. The molecule has 5 nitrogen and oxygen atoms in total. The van der Waals surface area contributed by atoms with Crippen LogP contribution in [0.1, 0.15) is 28.8 Å². The molecule has 2 aromatic carbocycles. The highest BCUT2D eigenvalue weighted by molar-refractivity contribution is 5.97. The van der Waals surface area contributed by atoms with Crippen LogP contribution in [0.25, 0.3) is 10.9 Å². The number of anilines is 1. The molecule has 0 unspecified atom stereocenters. The first-order valence-corrected chi connectivity index (χ1v) is 8.45. The third-order valence-electron chi connectivity index (χ3n) is 4.37. The first-order chi connectivity index (χ1) is 12.2. The van der Waals surface area contributed by atoms with Crippen LogP contribution in [0, 0.1) is 0 Å². The maximum Gasteiger partial charge on any atom is 0.251 e. The second-order valence-electron chi connectivity index (χ2n) is 6.41. The quantitative estimate of drug-likeness (QED) is 0.670. The zero-order valence-corrected chi connectivity index (χ0v) is 13.7. The van der Waals surface area contributed by atoms with Crippen LogP contribution in [0.3, 0.4) is 0 Å². The molecule has 2 amide bonds. The monoisotopic (exact) mass is 333 g/mol. The number of aromatic amines is 1. The van der Waals surface area contributed by atoms with Crippen molar-refractivity contribution in [1.29, 1.82) is 0 Å². The van der Waals surface area contributed by atoms with Crippen molar-refractivity contribution < 1.29 is 9.59 Å². The van der Waals surface area contributed by atoms with Crippen molar-refractivity contribution in [1.82, 2.24) is 10.3 Å². The number of amides is 2. The average molecular weight is 333 g/mol. The molecule has 3 aromatic rings. The van der Waals surface area contributed by atoms with E-state index in [1.165, 1.54) is 0 Å². The van der Waals surface area contributed by atoms with E-state index in [1.54, 1.807) is 24.3 Å². The summed E-state index contributed by atoms with van der Waals surface area (Å²) < 4.78 is 0. The van der Waals surface area contributed by atoms with Crippen LogP contribution in [0.2, 0.25) is 0 Å². The van der Waals surface area contributed by atoms with Crippen LogP contribution in [-0.2, 0) is 11.2 Å². The van der Waals surface area contributed by atoms with Crippen LogP contribution < -0.4 is 10.6 Å². The first kappa shape index (κ1) is 15.4. The summed E-state index contributed by atoms with van der Waals surface area (Å²) in [4.78, 5) is 27.4. The fourth-order valence-electron chi connectivity index (χ4n) is 2.86. The number of benzene rings is 2. The van der Waals surface area contributed by atoms with Crippen LogP contribution in [0.4, 0.5) is 5.69 Å². The zero-order chi connectivity index (χ0) is 17.2. The van der Waals surface area contributed by atoms with Gasteiger partial charge in [-0.15, -0.1) is 0 Å². The minimum absolute atomic E-state index is 0.0563. The van der Waals surface area contributed by atoms with E-state index < -0.39 is 0 Å². The van der Waals surface area contributed by atoms with Crippen LogP contribution in [0.5, 0.6) is 0 Å². The smallest absolute Gasteiger partial charge is 0.251 e. The topological polar surface area (TPSA) is 74.0 Å². The normalized spacial score (nSPS) is 13.6. The summed E-state index contributed by atoms with van der Waals surface area (Å²) in [7, 11) is 0. The maximum atomic E-state index is 12.3. The maximum absolute atomic E-state index is 12.3. The minimum atomic E-state index is -0.0834. The number of fused-ring (bicyclic) bond motifs is 1. The molecule has 0 atom stereocenters. The Morgan fingerprint density at radius 1 is 1.04 bits per heavy atom. The Bertz CT molecular complexity index is 924. The Morgan fingerprint density at radius 2 is 1.80 bits per heavy atom. The van der Waals surface area contributed by atoms with Gasteiger partial charge in [0.1, 0.15) is 0 Å². The largest absolute Gasteiger partial charge is 0.361 e. The number of hydrogen-bond donors (Lipinski definition) is 3. The van der Waals surface area contributed by atoms with Crippen LogP contribution in [-0.4, -0.2) is 22.8 Å². The molecule has 0 aliphatic heterocycles. The molecule has 25 heavy (non-hydrogen) atoms. The lowest BCUT2D eigenvalue weighted by atomic mass is 10.1. The Balaban J connectivity index is 1.39. The molecule has 1 heterocycles. The lowest BCUT2D eigenvalue weighted by molar-refractivity contribution is -0.115. The average Bonchev–Trinajstić information content (AvgIpc) is 3.35. The van der Waals surface area contributed by atoms with Gasteiger partial charge in [-0.3, -0.25) is 9.59 Å². The molecule has 0 spiro atoms. The molecule has 0 saturated heterocycles. The van der Waals surface area contributed by atoms with E-state index in [0.717, 1.165) is 29.3 Å². The molecule has 5 heteroatoms. The van der Waals surface area contributed by atoms with E-state index in [-0.39, 0.29) is 11.8 Å². The predicted octanol–water partition coefficient (Wildman–Crippen LogP) is 3.24. The predicted molar refractivity (Wildman–Crippen MR) is 97.6 cm³/mol. The second-order valence-corrected chi connectivity index (χ2v) is 6.41. The number of carbonyl (C=O) groups excluding carboxylic acids is 2. The number of hydrogen-bond acceptors (Lipinski definition) is 2. The molecular weight excluding hydrogens is 314 g/mol. The van der Waals surface area contributed by atoms with Crippen molar-refractivity contribution in [2.45, 2.75) is 25.3 Å². The van der Waals surface area contributed by atoms with Gasteiger partial charge in [0, 0.05) is 34.4 Å². The highest BCUT2D eigenvalue weighted by atomic mass is 16.2. The highest BCUT2D eigenvalue weighted by Gasteiger charge is 2.23. The summed E-state index contributed by atoms with van der Waals surface area (Å²) in [6, 6.07) is 15.2. The Hall–Kier alpha value is -3.08. The van der Waals surface area contributed by atoms with Gasteiger partial charge in [0.25, 0.3) is 5.91 Å². The fourth-order valence-corrected chi connectivity index (χ4v) is 2.86. The van der Waals surface area contributed by atoms with Crippen molar-refractivity contribution in [2.24, 2.45) is 0 Å². The third-order valence-corrected chi connectivity index (χ3v) is 4.37. The molecule has 3 N–H and O–H groups in total. The van der Waals surface area contributed by atoms with Gasteiger partial charge in [-0.2, -0.15) is 0 Å². The number of para-hydroxylation sites is 1. The molecule has 126 valence electrons. The van der Waals surface area contributed by atoms with E-state index in [9.17, 15) is 9.59 Å². The summed E-state index contributed by atoms with van der Waals surface area (Å²) >= 11 is 0. The molecule has 4 rings (SSSR count). The molecule has 1 aliphatic carbocycles. The van der Waals surface area contributed by atoms with Gasteiger partial charge in [0.2, 0.25) is 5.91 Å². The molecule has 1 saturated carbocycles. The van der Waals surface area contributed by atoms with Crippen molar-refractivity contribution in [3.05, 3.63) is 65.9 Å². The first-order valence-electron chi connectivity index (χ1n) is 8.45. The van der Waals surface area contributed by atoms with Crippen molar-refractivity contribution >= 4 is 28.4 Å². The third kappa shape index (κ3) is 3.55. The van der Waals surface area contributed by atoms with E-state index >= 15 is 0 Å². The SMILES string of the molecule is O=C(Cc1c[nH]c2ccccc12)Nc1ccc(C(=O)NC2CC2)cc1. The van der Waals surface area contributed by atoms with Crippen molar-refractivity contribution in [3.63, 3.8) is 0 Å². The van der Waals surface area contributed by atoms with E-state index in [1.807, 2.05) is 30.5 Å².